The van der Waals surface area contributed by atoms with E-state index in [1.54, 1.807) is 31.5 Å². The summed E-state index contributed by atoms with van der Waals surface area (Å²) in [4.78, 5) is 54.1. The first-order valence-electron chi connectivity index (χ1n) is 23.2. The lowest BCUT2D eigenvalue weighted by Crippen LogP contribution is -2.52. The Kier molecular flexibility index (Phi) is 11.8. The van der Waals surface area contributed by atoms with E-state index < -0.39 is 13.2 Å². The molecular formula is C50H58ClN8O5P. The topological polar surface area (TPSA) is 149 Å². The van der Waals surface area contributed by atoms with Crippen molar-refractivity contribution in [3.05, 3.63) is 93.6 Å². The third-order valence-corrected chi connectivity index (χ3v) is 16.6. The highest BCUT2D eigenvalue weighted by molar-refractivity contribution is 7.70. The smallest absolute Gasteiger partial charge is 0.255 e. The Labute approximate surface area is 386 Å². The van der Waals surface area contributed by atoms with Crippen LogP contribution < -0.4 is 30.9 Å². The quantitative estimate of drug-likeness (QED) is 0.0979. The molecule has 3 saturated heterocycles. The van der Waals surface area contributed by atoms with E-state index in [9.17, 15) is 18.9 Å². The van der Waals surface area contributed by atoms with Gasteiger partial charge in [0.1, 0.15) is 24.0 Å². The minimum atomic E-state index is -2.56. The van der Waals surface area contributed by atoms with E-state index in [0.717, 1.165) is 79.7 Å². The van der Waals surface area contributed by atoms with Crippen LogP contribution in [-0.4, -0.2) is 96.2 Å². The van der Waals surface area contributed by atoms with Gasteiger partial charge in [0.05, 0.1) is 24.7 Å². The summed E-state index contributed by atoms with van der Waals surface area (Å²) in [5.41, 5.74) is 8.63. The summed E-state index contributed by atoms with van der Waals surface area (Å²) < 4.78 is 19.0. The molecule has 10 rings (SSSR count). The van der Waals surface area contributed by atoms with Gasteiger partial charge in [-0.25, -0.2) is 4.98 Å². The van der Waals surface area contributed by atoms with E-state index in [1.165, 1.54) is 48.9 Å². The van der Waals surface area contributed by atoms with Crippen molar-refractivity contribution in [2.45, 2.75) is 95.2 Å². The molecule has 340 valence electrons. The second-order valence-electron chi connectivity index (χ2n) is 19.4. The molecule has 1 unspecified atom stereocenters. The van der Waals surface area contributed by atoms with Gasteiger partial charge >= 0.3 is 0 Å². The number of para-hydroxylation sites is 1. The van der Waals surface area contributed by atoms with Crippen molar-refractivity contribution >= 4 is 76.7 Å². The van der Waals surface area contributed by atoms with E-state index in [1.807, 2.05) is 36.4 Å². The van der Waals surface area contributed by atoms with E-state index in [0.29, 0.717) is 58.4 Å². The number of methoxy groups -OCH3 is 1. The van der Waals surface area contributed by atoms with Crippen molar-refractivity contribution < 1.29 is 23.7 Å². The molecule has 3 amide bonds. The van der Waals surface area contributed by atoms with Crippen molar-refractivity contribution in [1.82, 2.24) is 25.1 Å². The van der Waals surface area contributed by atoms with Crippen LogP contribution in [0.2, 0.25) is 5.02 Å². The Hall–Kier alpha value is -5.23. The first-order valence-corrected chi connectivity index (χ1v) is 26.2. The maximum absolute atomic E-state index is 13.4. The minimum Gasteiger partial charge on any atom is -0.494 e. The summed E-state index contributed by atoms with van der Waals surface area (Å²) in [5.74, 6) is 1.28. The number of allylic oxidation sites excluding steroid dienone is 1. The molecule has 3 aromatic carbocycles. The van der Waals surface area contributed by atoms with Gasteiger partial charge in [0.2, 0.25) is 17.8 Å². The van der Waals surface area contributed by atoms with Gasteiger partial charge < -0.3 is 29.7 Å². The Morgan fingerprint density at radius 2 is 1.69 bits per heavy atom. The molecule has 2 saturated carbocycles. The second kappa shape index (κ2) is 17.5. The van der Waals surface area contributed by atoms with Crippen molar-refractivity contribution in [3.63, 3.8) is 0 Å². The number of fused-ring (bicyclic) bond motifs is 1. The molecule has 1 atom stereocenters. The van der Waals surface area contributed by atoms with Crippen LogP contribution in [0.5, 0.6) is 5.75 Å². The van der Waals surface area contributed by atoms with E-state index >= 15 is 0 Å². The number of nitrogens with zero attached hydrogens (tertiary/aromatic N) is 5. The zero-order valence-electron chi connectivity index (χ0n) is 37.5. The number of piperidine rings is 2. The number of carbonyl (C=O) groups is 3. The number of nitrogens with one attached hydrogen (secondary N) is 3. The zero-order chi connectivity index (χ0) is 45.0. The summed E-state index contributed by atoms with van der Waals surface area (Å²) in [7, 11) is -0.854. The molecule has 65 heavy (non-hydrogen) atoms. The molecular weight excluding hydrogens is 859 g/mol. The summed E-state index contributed by atoms with van der Waals surface area (Å²) >= 11 is 6.58. The van der Waals surface area contributed by atoms with E-state index in [2.05, 4.69) is 55.0 Å². The highest BCUT2D eigenvalue weighted by atomic mass is 35.5. The highest BCUT2D eigenvalue weighted by Crippen LogP contribution is 2.50. The Bertz CT molecular complexity index is 2630. The van der Waals surface area contributed by atoms with Gasteiger partial charge in [-0.15, -0.1) is 0 Å². The number of hydrogen-bond acceptors (Lipinski definition) is 11. The minimum absolute atomic E-state index is 0.122. The fourth-order valence-electron chi connectivity index (χ4n) is 11.0. The van der Waals surface area contributed by atoms with Crippen LogP contribution in [0, 0.1) is 5.41 Å². The summed E-state index contributed by atoms with van der Waals surface area (Å²) in [6, 6.07) is 17.8. The molecule has 15 heteroatoms. The average Bonchev–Trinajstić information content (AvgIpc) is 3.98. The number of rotatable bonds is 11. The summed E-state index contributed by atoms with van der Waals surface area (Å²) in [6.07, 6.45) is 14.8. The van der Waals surface area contributed by atoms with Crippen molar-refractivity contribution in [2.24, 2.45) is 5.41 Å². The Morgan fingerprint density at radius 1 is 0.908 bits per heavy atom. The number of benzene rings is 3. The zero-order valence-corrected chi connectivity index (χ0v) is 39.1. The first-order chi connectivity index (χ1) is 31.3. The molecule has 5 fully saturated rings. The average molecular weight is 917 g/mol. The Morgan fingerprint density at radius 3 is 2.43 bits per heavy atom. The van der Waals surface area contributed by atoms with Crippen LogP contribution >= 0.6 is 18.7 Å². The summed E-state index contributed by atoms with van der Waals surface area (Å²) in [5, 5.41) is 10.2. The lowest BCUT2D eigenvalue weighted by molar-refractivity contribution is -0.136. The first kappa shape index (κ1) is 43.7. The molecule has 3 N–H and O–H groups in total. The molecule has 4 aliphatic heterocycles. The molecule has 5 heterocycles. The largest absolute Gasteiger partial charge is 0.494 e. The van der Waals surface area contributed by atoms with Crippen molar-refractivity contribution in [1.29, 1.82) is 0 Å². The molecule has 1 aromatic heterocycles. The fraction of sp³-hybridized carbons (Fsp3) is 0.460. The maximum Gasteiger partial charge on any atom is 0.255 e. The number of likely N-dealkylation sites (tertiary alicyclic amines) is 1. The van der Waals surface area contributed by atoms with Crippen molar-refractivity contribution in [3.8, 4) is 5.75 Å². The molecule has 4 aromatic rings. The number of hydrogen-bond donors (Lipinski definition) is 3. The highest BCUT2D eigenvalue weighted by Gasteiger charge is 2.43. The molecule has 0 bridgehead atoms. The van der Waals surface area contributed by atoms with Crippen molar-refractivity contribution in [2.75, 3.05) is 62.2 Å². The number of ether oxygens (including phenoxy) is 1. The van der Waals surface area contributed by atoms with Gasteiger partial charge in [0.25, 0.3) is 5.91 Å². The number of amides is 3. The third kappa shape index (κ3) is 8.91. The SMILES string of the molecule is COc1cc(N2CCC(N3CCC4(CCC(=Cc5cccc6c5CN(C5CCC(=O)NC5=O)C6=O)CC4)C3)CC2)c(C2CC2)cc1Nc1ncc(Cl)c(Nc2ccccc2P(C)(C)=O)n1. The van der Waals surface area contributed by atoms with Gasteiger partial charge in [-0.1, -0.05) is 47.5 Å². The van der Waals surface area contributed by atoms with E-state index in [4.69, 9.17) is 21.3 Å². The lowest BCUT2D eigenvalue weighted by atomic mass is 9.71. The number of aromatic nitrogens is 2. The number of anilines is 5. The van der Waals surface area contributed by atoms with Gasteiger partial charge in [-0.05, 0) is 136 Å². The van der Waals surface area contributed by atoms with Crippen LogP contribution in [0.4, 0.5) is 28.8 Å². The molecule has 0 radical (unpaired) electrons. The van der Waals surface area contributed by atoms with Crippen LogP contribution in [0.3, 0.4) is 0 Å². The molecule has 1 spiro atoms. The second-order valence-corrected chi connectivity index (χ2v) is 23.0. The monoisotopic (exact) mass is 916 g/mol. The number of halogens is 1. The number of imide groups is 1. The molecule has 2 aliphatic carbocycles. The normalized spacial score (nSPS) is 22.9. The molecule has 13 nitrogen and oxygen atoms in total. The lowest BCUT2D eigenvalue weighted by Gasteiger charge is -2.40. The van der Waals surface area contributed by atoms with Gasteiger partial charge in [-0.2, -0.15) is 4.98 Å². The standard InChI is InChI=1S/C50H58ClN8O5P/c1-64-43-27-42(36(32-11-12-32)26-40(43)54-49-52-28-38(51)46(56-49)53-39-9-4-5-10-44(39)65(2,3)63)57-22-17-34(18-23-57)58-24-21-50(30-58)19-15-31(16-20-50)25-33-7-6-8-35-37(33)29-59(48(35)62)41-13-14-45(60)55-47(41)61/h4-10,25-28,32,34,41H,11-24,29-30H2,1-3H3,(H,55,60,61)(H2,52,53,54,56). The van der Waals surface area contributed by atoms with Crippen LogP contribution in [0.25, 0.3) is 6.08 Å². The number of carbonyl (C=O) groups excluding carboxylic acids is 3. The van der Waals surface area contributed by atoms with E-state index in [-0.39, 0.29) is 24.1 Å². The van der Waals surface area contributed by atoms with Crippen LogP contribution in [0.1, 0.15) is 104 Å². The predicted molar refractivity (Wildman–Crippen MR) is 257 cm³/mol. The Balaban J connectivity index is 0.766. The molecule has 6 aliphatic rings. The van der Waals surface area contributed by atoms with Gasteiger partial charge in [-0.3, -0.25) is 24.6 Å². The van der Waals surface area contributed by atoms with Crippen LogP contribution in [0.15, 0.2) is 66.4 Å². The summed E-state index contributed by atoms with van der Waals surface area (Å²) in [6.45, 7) is 8.22. The predicted octanol–water partition coefficient (Wildman–Crippen LogP) is 8.83. The third-order valence-electron chi connectivity index (χ3n) is 14.8. The van der Waals surface area contributed by atoms with Gasteiger partial charge in [0, 0.05) is 61.3 Å². The van der Waals surface area contributed by atoms with Gasteiger partial charge in [0.15, 0.2) is 5.82 Å². The maximum atomic E-state index is 13.4. The fourth-order valence-corrected chi connectivity index (χ4v) is 12.3. The van der Waals surface area contributed by atoms with Crippen LogP contribution in [-0.2, 0) is 20.7 Å².